The first-order valence-corrected chi connectivity index (χ1v) is 8.93. The molecule has 1 saturated heterocycles. The fourth-order valence-corrected chi connectivity index (χ4v) is 3.33. The topological polar surface area (TPSA) is 56.1 Å². The maximum absolute atomic E-state index is 5.68. The molecule has 0 bridgehead atoms. The largest absolute Gasteiger partial charge is 0.375 e. The van der Waals surface area contributed by atoms with Crippen molar-refractivity contribution in [1.82, 2.24) is 24.9 Å². The average molecular weight is 327 g/mol. The van der Waals surface area contributed by atoms with Gasteiger partial charge in [0.15, 0.2) is 0 Å². The van der Waals surface area contributed by atoms with Crippen LogP contribution in [0.4, 0.5) is 0 Å². The summed E-state index contributed by atoms with van der Waals surface area (Å²) in [7, 11) is 0. The Morgan fingerprint density at radius 3 is 2.83 bits per heavy atom. The van der Waals surface area contributed by atoms with E-state index in [4.69, 9.17) is 4.74 Å². The Kier molecular flexibility index (Phi) is 4.85. The van der Waals surface area contributed by atoms with Gasteiger partial charge in [-0.05, 0) is 55.3 Å². The van der Waals surface area contributed by atoms with E-state index in [9.17, 15) is 0 Å². The Morgan fingerprint density at radius 1 is 1.12 bits per heavy atom. The molecule has 0 N–H and O–H groups in total. The minimum Gasteiger partial charge on any atom is -0.375 e. The number of likely N-dealkylation sites (tertiary alicyclic amines) is 1. The molecule has 128 valence electrons. The van der Waals surface area contributed by atoms with Gasteiger partial charge < -0.3 is 4.74 Å². The van der Waals surface area contributed by atoms with Gasteiger partial charge in [0.25, 0.3) is 0 Å². The predicted octanol–water partition coefficient (Wildman–Crippen LogP) is 2.12. The van der Waals surface area contributed by atoms with Gasteiger partial charge in [0.2, 0.25) is 0 Å². The lowest BCUT2D eigenvalue weighted by Crippen LogP contribution is -2.21. The molecule has 6 nitrogen and oxygen atoms in total. The van der Waals surface area contributed by atoms with Crippen LogP contribution < -0.4 is 0 Å². The first-order chi connectivity index (χ1) is 11.8. The van der Waals surface area contributed by atoms with Gasteiger partial charge in [-0.2, -0.15) is 0 Å². The highest BCUT2D eigenvalue weighted by atomic mass is 16.5. The van der Waals surface area contributed by atoms with Crippen LogP contribution in [0.2, 0.25) is 0 Å². The van der Waals surface area contributed by atoms with Crippen molar-refractivity contribution in [3.05, 3.63) is 42.0 Å². The zero-order valence-corrected chi connectivity index (χ0v) is 14.0. The van der Waals surface area contributed by atoms with E-state index in [-0.39, 0.29) is 0 Å². The van der Waals surface area contributed by atoms with Gasteiger partial charge in [0.05, 0.1) is 12.8 Å². The van der Waals surface area contributed by atoms with E-state index in [0.29, 0.717) is 12.5 Å². The summed E-state index contributed by atoms with van der Waals surface area (Å²) < 4.78 is 7.66. The third-order valence-corrected chi connectivity index (χ3v) is 4.86. The van der Waals surface area contributed by atoms with Crippen molar-refractivity contribution in [2.75, 3.05) is 19.7 Å². The van der Waals surface area contributed by atoms with Gasteiger partial charge in [-0.3, -0.25) is 14.6 Å². The second kappa shape index (κ2) is 7.40. The number of ether oxygens (including phenoxy) is 1. The minimum absolute atomic E-state index is 0.593. The molecule has 2 aromatic heterocycles. The monoisotopic (exact) mass is 327 g/mol. The van der Waals surface area contributed by atoms with E-state index in [2.05, 4.69) is 32.3 Å². The van der Waals surface area contributed by atoms with E-state index < -0.39 is 0 Å². The number of aromatic nitrogens is 4. The van der Waals surface area contributed by atoms with Crippen LogP contribution in [0, 0.1) is 11.8 Å². The number of pyridine rings is 1. The molecule has 1 atom stereocenters. The highest BCUT2D eigenvalue weighted by Crippen LogP contribution is 2.29. The molecule has 3 heterocycles. The molecule has 0 aromatic carbocycles. The molecule has 0 amide bonds. The third-order valence-electron chi connectivity index (χ3n) is 4.86. The molecule has 24 heavy (non-hydrogen) atoms. The van der Waals surface area contributed by atoms with Crippen LogP contribution in [-0.4, -0.2) is 44.6 Å². The van der Waals surface area contributed by atoms with Crippen molar-refractivity contribution in [1.29, 1.82) is 0 Å². The Labute approximate surface area is 142 Å². The molecule has 2 aliphatic rings. The zero-order valence-electron chi connectivity index (χ0n) is 14.0. The predicted molar refractivity (Wildman–Crippen MR) is 90.0 cm³/mol. The molecule has 6 heteroatoms. The van der Waals surface area contributed by atoms with Gasteiger partial charge in [0, 0.05) is 38.6 Å². The second-order valence-electron chi connectivity index (χ2n) is 7.14. The second-order valence-corrected chi connectivity index (χ2v) is 7.14. The molecule has 1 aliphatic heterocycles. The highest BCUT2D eigenvalue weighted by molar-refractivity contribution is 5.09. The molecular formula is C18H25N5O. The Morgan fingerprint density at radius 2 is 2.00 bits per heavy atom. The third kappa shape index (κ3) is 4.39. The van der Waals surface area contributed by atoms with Crippen LogP contribution in [0.3, 0.4) is 0 Å². The molecule has 2 aromatic rings. The van der Waals surface area contributed by atoms with E-state index in [0.717, 1.165) is 44.4 Å². The maximum atomic E-state index is 5.68. The summed E-state index contributed by atoms with van der Waals surface area (Å²) in [5.41, 5.74) is 2.28. The van der Waals surface area contributed by atoms with Gasteiger partial charge in [0.1, 0.15) is 5.69 Å². The van der Waals surface area contributed by atoms with Gasteiger partial charge in [-0.25, -0.2) is 0 Å². The molecular weight excluding hydrogens is 302 g/mol. The lowest BCUT2D eigenvalue weighted by Gasteiger charge is -2.15. The summed E-state index contributed by atoms with van der Waals surface area (Å²) in [5.74, 6) is 1.44. The van der Waals surface area contributed by atoms with Crippen LogP contribution >= 0.6 is 0 Å². The smallest absolute Gasteiger partial charge is 0.108 e. The van der Waals surface area contributed by atoms with Gasteiger partial charge in [-0.15, -0.1) is 5.10 Å². The number of hydrogen-bond acceptors (Lipinski definition) is 5. The first-order valence-electron chi connectivity index (χ1n) is 8.93. The standard InChI is InChI=1S/C18H25N5O/c1-2-16(1)13-24-14-18-12-23(21-20-18)11-17-5-8-22(10-17)9-15-3-6-19-7-4-15/h3-4,6-7,12,16-17H,1-2,5,8-11,13-14H2. The zero-order chi connectivity index (χ0) is 16.2. The highest BCUT2D eigenvalue weighted by Gasteiger charge is 2.23. The van der Waals surface area contributed by atoms with E-state index in [1.807, 2.05) is 23.3 Å². The van der Waals surface area contributed by atoms with Gasteiger partial charge in [-0.1, -0.05) is 5.21 Å². The van der Waals surface area contributed by atoms with Crippen LogP contribution in [0.5, 0.6) is 0 Å². The molecule has 0 spiro atoms. The summed E-state index contributed by atoms with van der Waals surface area (Å²) in [5, 5.41) is 8.49. The average Bonchev–Trinajstić information content (AvgIpc) is 3.15. The normalized spacial score (nSPS) is 21.4. The lowest BCUT2D eigenvalue weighted by atomic mass is 10.1. The number of rotatable bonds is 8. The van der Waals surface area contributed by atoms with Crippen LogP contribution in [-0.2, 0) is 24.4 Å². The van der Waals surface area contributed by atoms with Crippen molar-refractivity contribution in [2.24, 2.45) is 11.8 Å². The fraction of sp³-hybridized carbons (Fsp3) is 0.611. The Bertz CT molecular complexity index is 640. The first kappa shape index (κ1) is 15.7. The van der Waals surface area contributed by atoms with Crippen molar-refractivity contribution in [2.45, 2.75) is 39.0 Å². The molecule has 4 rings (SSSR count). The summed E-state index contributed by atoms with van der Waals surface area (Å²) in [6.45, 7) is 5.70. The Balaban J connectivity index is 1.22. The van der Waals surface area contributed by atoms with Crippen molar-refractivity contribution in [3.63, 3.8) is 0 Å². The molecule has 1 aliphatic carbocycles. The fourth-order valence-electron chi connectivity index (χ4n) is 3.33. The maximum Gasteiger partial charge on any atom is 0.108 e. The summed E-state index contributed by atoms with van der Waals surface area (Å²) in [4.78, 5) is 6.59. The van der Waals surface area contributed by atoms with Crippen LogP contribution in [0.1, 0.15) is 30.5 Å². The van der Waals surface area contributed by atoms with Gasteiger partial charge >= 0.3 is 0 Å². The quantitative estimate of drug-likeness (QED) is 0.743. The van der Waals surface area contributed by atoms with E-state index in [1.54, 1.807) is 0 Å². The molecule has 1 unspecified atom stereocenters. The van der Waals surface area contributed by atoms with E-state index in [1.165, 1.54) is 24.8 Å². The SMILES string of the molecule is c1cc(CN2CCC(Cn3cc(COCC4CC4)nn3)C2)ccn1. The minimum atomic E-state index is 0.593. The van der Waals surface area contributed by atoms with Crippen molar-refractivity contribution >= 4 is 0 Å². The van der Waals surface area contributed by atoms with E-state index >= 15 is 0 Å². The van der Waals surface area contributed by atoms with Crippen LogP contribution in [0.15, 0.2) is 30.7 Å². The lowest BCUT2D eigenvalue weighted by molar-refractivity contribution is 0.108. The van der Waals surface area contributed by atoms with Crippen LogP contribution in [0.25, 0.3) is 0 Å². The number of hydrogen-bond donors (Lipinski definition) is 0. The number of nitrogens with zero attached hydrogens (tertiary/aromatic N) is 5. The van der Waals surface area contributed by atoms with Crippen molar-refractivity contribution in [3.8, 4) is 0 Å². The summed E-state index contributed by atoms with van der Waals surface area (Å²) >= 11 is 0. The van der Waals surface area contributed by atoms with Crippen molar-refractivity contribution < 1.29 is 4.74 Å². The molecule has 2 fully saturated rings. The Hall–Kier alpha value is -1.79. The molecule has 0 radical (unpaired) electrons. The summed E-state index contributed by atoms with van der Waals surface area (Å²) in [6, 6.07) is 4.19. The summed E-state index contributed by atoms with van der Waals surface area (Å²) in [6.07, 6.45) is 9.64. The molecule has 1 saturated carbocycles.